The van der Waals surface area contributed by atoms with Gasteiger partial charge in [-0.15, -0.1) is 0 Å². The molecule has 1 aliphatic carbocycles. The van der Waals surface area contributed by atoms with Crippen molar-refractivity contribution < 1.29 is 4.74 Å². The molecule has 19 heavy (non-hydrogen) atoms. The zero-order valence-electron chi connectivity index (χ0n) is 11.3. The molecular formula is C16H20N2O. The lowest BCUT2D eigenvalue weighted by Crippen LogP contribution is -2.51. The highest BCUT2D eigenvalue weighted by molar-refractivity contribution is 5.55. The average Bonchev–Trinajstić information content (AvgIpc) is 2.66. The van der Waals surface area contributed by atoms with Gasteiger partial charge < -0.3 is 15.4 Å². The predicted molar refractivity (Wildman–Crippen MR) is 75.2 cm³/mol. The summed E-state index contributed by atoms with van der Waals surface area (Å²) in [5.41, 5.74) is 9.14. The minimum absolute atomic E-state index is 0.00829. The summed E-state index contributed by atoms with van der Waals surface area (Å²) in [4.78, 5) is 2.40. The molecule has 1 aromatic rings. The van der Waals surface area contributed by atoms with Crippen molar-refractivity contribution in [1.29, 1.82) is 0 Å². The van der Waals surface area contributed by atoms with Crippen LogP contribution in [0.2, 0.25) is 0 Å². The average molecular weight is 256 g/mol. The summed E-state index contributed by atoms with van der Waals surface area (Å²) in [6.07, 6.45) is 6.76. The van der Waals surface area contributed by atoms with E-state index in [4.69, 9.17) is 10.5 Å². The second-order valence-corrected chi connectivity index (χ2v) is 6.16. The fourth-order valence-electron chi connectivity index (χ4n) is 4.02. The standard InChI is InChI=1S/C16H20N2O/c1-18-9-8-16-7-3-5-12(17)15(16)19-13-6-2-4-11(10-18)14(13)16/h2-4,6-7,12,15H,5,8-10,17H2,1H3. The van der Waals surface area contributed by atoms with E-state index in [0.29, 0.717) is 0 Å². The van der Waals surface area contributed by atoms with Crippen molar-refractivity contribution in [2.24, 2.45) is 5.73 Å². The van der Waals surface area contributed by atoms with Crippen molar-refractivity contribution in [1.82, 2.24) is 4.90 Å². The van der Waals surface area contributed by atoms with Crippen molar-refractivity contribution in [3.8, 4) is 5.75 Å². The third-order valence-corrected chi connectivity index (χ3v) is 4.90. The Balaban J connectivity index is 1.96. The Kier molecular flexibility index (Phi) is 2.32. The first kappa shape index (κ1) is 11.5. The smallest absolute Gasteiger partial charge is 0.127 e. The molecule has 0 aromatic heterocycles. The summed E-state index contributed by atoms with van der Waals surface area (Å²) in [5, 5.41) is 0. The van der Waals surface area contributed by atoms with Crippen LogP contribution in [0.3, 0.4) is 0 Å². The second-order valence-electron chi connectivity index (χ2n) is 6.16. The van der Waals surface area contributed by atoms with Crippen LogP contribution in [-0.2, 0) is 12.0 Å². The van der Waals surface area contributed by atoms with E-state index in [1.807, 2.05) is 0 Å². The Hall–Kier alpha value is -1.32. The van der Waals surface area contributed by atoms with Gasteiger partial charge in [-0.2, -0.15) is 0 Å². The molecule has 100 valence electrons. The third kappa shape index (κ3) is 1.46. The zero-order chi connectivity index (χ0) is 13.0. The van der Waals surface area contributed by atoms with Crippen molar-refractivity contribution in [3.63, 3.8) is 0 Å². The van der Waals surface area contributed by atoms with Gasteiger partial charge >= 0.3 is 0 Å². The summed E-state index contributed by atoms with van der Waals surface area (Å²) in [6, 6.07) is 6.55. The Labute approximate surface area is 114 Å². The minimum atomic E-state index is 0.00829. The van der Waals surface area contributed by atoms with E-state index < -0.39 is 0 Å². The van der Waals surface area contributed by atoms with Gasteiger partial charge in [-0.1, -0.05) is 24.3 Å². The van der Waals surface area contributed by atoms with Gasteiger partial charge in [0.1, 0.15) is 11.9 Å². The molecule has 0 radical (unpaired) electrons. The van der Waals surface area contributed by atoms with Crippen LogP contribution in [0.25, 0.3) is 0 Å². The number of hydrogen-bond acceptors (Lipinski definition) is 3. The minimum Gasteiger partial charge on any atom is -0.487 e. The summed E-state index contributed by atoms with van der Waals surface area (Å²) >= 11 is 0. The van der Waals surface area contributed by atoms with Crippen LogP contribution in [0, 0.1) is 0 Å². The molecule has 0 saturated heterocycles. The SMILES string of the molecule is CN1CCC23C=CCC(N)C2Oc2cccc(c23)C1. The number of hydrogen-bond donors (Lipinski definition) is 1. The molecule has 4 rings (SSSR count). The Morgan fingerprint density at radius 1 is 1.42 bits per heavy atom. The Morgan fingerprint density at radius 3 is 3.21 bits per heavy atom. The van der Waals surface area contributed by atoms with E-state index in [9.17, 15) is 0 Å². The molecule has 2 aliphatic heterocycles. The van der Waals surface area contributed by atoms with Gasteiger partial charge in [-0.05, 0) is 38.1 Å². The highest BCUT2D eigenvalue weighted by Gasteiger charge is 2.52. The molecule has 3 unspecified atom stereocenters. The van der Waals surface area contributed by atoms with Gasteiger partial charge in [0, 0.05) is 18.2 Å². The first-order chi connectivity index (χ1) is 9.21. The Bertz CT molecular complexity index is 554. The van der Waals surface area contributed by atoms with Crippen LogP contribution in [-0.4, -0.2) is 30.6 Å². The number of benzene rings is 1. The van der Waals surface area contributed by atoms with Crippen molar-refractivity contribution >= 4 is 0 Å². The van der Waals surface area contributed by atoms with Crippen molar-refractivity contribution in [3.05, 3.63) is 41.5 Å². The summed E-state index contributed by atoms with van der Waals surface area (Å²) in [6.45, 7) is 2.09. The molecule has 0 amide bonds. The number of nitrogens with zero attached hydrogens (tertiary/aromatic N) is 1. The lowest BCUT2D eigenvalue weighted by Gasteiger charge is -2.37. The van der Waals surface area contributed by atoms with E-state index in [2.05, 4.69) is 42.3 Å². The number of rotatable bonds is 0. The molecule has 3 aliphatic rings. The molecule has 3 heteroatoms. The fraction of sp³-hybridized carbons (Fsp3) is 0.500. The van der Waals surface area contributed by atoms with Gasteiger partial charge in [-0.3, -0.25) is 0 Å². The number of ether oxygens (including phenoxy) is 1. The molecular weight excluding hydrogens is 236 g/mol. The highest BCUT2D eigenvalue weighted by Crippen LogP contribution is 2.52. The van der Waals surface area contributed by atoms with Gasteiger partial charge in [0.25, 0.3) is 0 Å². The highest BCUT2D eigenvalue weighted by atomic mass is 16.5. The summed E-state index contributed by atoms with van der Waals surface area (Å²) in [5.74, 6) is 1.06. The van der Waals surface area contributed by atoms with E-state index in [0.717, 1.165) is 31.7 Å². The summed E-state index contributed by atoms with van der Waals surface area (Å²) in [7, 11) is 2.19. The van der Waals surface area contributed by atoms with Crippen LogP contribution < -0.4 is 10.5 Å². The fourth-order valence-corrected chi connectivity index (χ4v) is 4.02. The maximum absolute atomic E-state index is 6.33. The van der Waals surface area contributed by atoms with E-state index in [1.165, 1.54) is 11.1 Å². The van der Waals surface area contributed by atoms with Crippen molar-refractivity contribution in [2.45, 2.75) is 36.9 Å². The molecule has 2 N–H and O–H groups in total. The molecule has 3 atom stereocenters. The van der Waals surface area contributed by atoms with Gasteiger partial charge in [0.2, 0.25) is 0 Å². The monoisotopic (exact) mass is 256 g/mol. The van der Waals surface area contributed by atoms with Gasteiger partial charge in [0.15, 0.2) is 0 Å². The second kappa shape index (κ2) is 3.84. The van der Waals surface area contributed by atoms with E-state index in [-0.39, 0.29) is 17.6 Å². The van der Waals surface area contributed by atoms with Crippen LogP contribution in [0.5, 0.6) is 5.75 Å². The number of nitrogens with two attached hydrogens (primary N) is 1. The van der Waals surface area contributed by atoms with Gasteiger partial charge in [0.05, 0.1) is 5.41 Å². The van der Waals surface area contributed by atoms with Crippen LogP contribution in [0.4, 0.5) is 0 Å². The molecule has 3 nitrogen and oxygen atoms in total. The normalized spacial score (nSPS) is 36.3. The lowest BCUT2D eigenvalue weighted by molar-refractivity contribution is 0.124. The largest absolute Gasteiger partial charge is 0.487 e. The molecule has 1 spiro atoms. The Morgan fingerprint density at radius 2 is 2.32 bits per heavy atom. The van der Waals surface area contributed by atoms with Gasteiger partial charge in [-0.25, -0.2) is 0 Å². The maximum Gasteiger partial charge on any atom is 0.127 e. The topological polar surface area (TPSA) is 38.5 Å². The van der Waals surface area contributed by atoms with Crippen LogP contribution in [0.1, 0.15) is 24.0 Å². The van der Waals surface area contributed by atoms with Crippen LogP contribution >= 0.6 is 0 Å². The first-order valence-electron chi connectivity index (χ1n) is 7.11. The predicted octanol–water partition coefficient (Wildman–Crippen LogP) is 1.81. The van der Waals surface area contributed by atoms with Crippen molar-refractivity contribution in [2.75, 3.05) is 13.6 Å². The maximum atomic E-state index is 6.33. The van der Waals surface area contributed by atoms with E-state index >= 15 is 0 Å². The quantitative estimate of drug-likeness (QED) is 0.719. The molecule has 0 bridgehead atoms. The zero-order valence-corrected chi connectivity index (χ0v) is 11.3. The lowest BCUT2D eigenvalue weighted by atomic mass is 9.68. The van der Waals surface area contributed by atoms with E-state index in [1.54, 1.807) is 0 Å². The van der Waals surface area contributed by atoms with Crippen LogP contribution in [0.15, 0.2) is 30.4 Å². The molecule has 1 aromatic carbocycles. The molecule has 0 saturated carbocycles. The third-order valence-electron chi connectivity index (χ3n) is 4.90. The first-order valence-corrected chi connectivity index (χ1v) is 7.11. The molecule has 2 heterocycles. The molecule has 0 fully saturated rings. The summed E-state index contributed by atoms with van der Waals surface area (Å²) < 4.78 is 6.23.